The van der Waals surface area contributed by atoms with Crippen LogP contribution in [0, 0.1) is 5.41 Å². The molecule has 12 nitrogen and oxygen atoms in total. The van der Waals surface area contributed by atoms with E-state index >= 15 is 0 Å². The lowest BCUT2D eigenvalue weighted by atomic mass is 10.1. The Morgan fingerprint density at radius 3 is 2.32 bits per heavy atom. The molecular weight excluding hydrogens is 500 g/mol. The molecule has 0 spiro atoms. The van der Waals surface area contributed by atoms with Crippen LogP contribution in [0.1, 0.15) is 30.4 Å². The number of likely N-dealkylation sites (tertiary alicyclic amines) is 1. The Hall–Kier alpha value is -3.97. The number of nitrogen functional groups attached to an aromatic ring is 1. The van der Waals surface area contributed by atoms with Crippen LogP contribution in [0.3, 0.4) is 0 Å². The van der Waals surface area contributed by atoms with E-state index in [1.54, 1.807) is 24.3 Å². The number of primary amides is 1. The van der Waals surface area contributed by atoms with Crippen molar-refractivity contribution >= 4 is 33.6 Å². The molecule has 37 heavy (non-hydrogen) atoms. The fourth-order valence-electron chi connectivity index (χ4n) is 4.00. The quantitative estimate of drug-likeness (QED) is 0.196. The molecule has 0 bridgehead atoms. The van der Waals surface area contributed by atoms with Crippen molar-refractivity contribution in [2.75, 3.05) is 13.7 Å². The minimum Gasteiger partial charge on any atom is -0.497 e. The number of methoxy groups -OCH3 is 1. The average molecular weight is 531 g/mol. The lowest BCUT2D eigenvalue weighted by Gasteiger charge is -2.28. The summed E-state index contributed by atoms with van der Waals surface area (Å²) in [7, 11) is -2.74. The highest BCUT2D eigenvalue weighted by atomic mass is 32.2. The molecule has 7 N–H and O–H groups in total. The molecule has 0 aromatic heterocycles. The Kier molecular flexibility index (Phi) is 8.84. The molecule has 198 valence electrons. The van der Waals surface area contributed by atoms with Crippen molar-refractivity contribution in [3.8, 4) is 5.75 Å². The maximum absolute atomic E-state index is 13.3. The van der Waals surface area contributed by atoms with Crippen molar-refractivity contribution in [1.82, 2.24) is 14.9 Å². The smallest absolute Gasteiger partial charge is 0.243 e. The number of rotatable bonds is 11. The van der Waals surface area contributed by atoms with Crippen molar-refractivity contribution in [3.05, 3.63) is 59.7 Å². The van der Waals surface area contributed by atoms with Gasteiger partial charge in [-0.25, -0.2) is 8.42 Å². The van der Waals surface area contributed by atoms with E-state index in [2.05, 4.69) is 10.0 Å². The zero-order valence-corrected chi connectivity index (χ0v) is 21.1. The molecule has 0 unspecified atom stereocenters. The first-order valence-electron chi connectivity index (χ1n) is 11.5. The van der Waals surface area contributed by atoms with Gasteiger partial charge in [-0.2, -0.15) is 4.72 Å². The van der Waals surface area contributed by atoms with Gasteiger partial charge in [0.15, 0.2) is 0 Å². The second-order valence-electron chi connectivity index (χ2n) is 8.54. The number of hydrogen-bond donors (Lipinski definition) is 5. The van der Waals surface area contributed by atoms with Crippen LogP contribution in [-0.2, 0) is 31.0 Å². The standard InChI is InChI=1S/C24H30N6O6S/c1-36-17-8-10-18(11-9-17)37(34,35)29-19(13-21(25)31)24(33)30-12-2-3-20(30)23(32)28-14-15-4-6-16(7-5-15)22(26)27/h4-11,19-20,29H,2-3,12-14H2,1H3,(H2,25,31)(H3,26,27)(H,28,32)/t19-,20-/m0/s1. The molecule has 1 fully saturated rings. The molecule has 2 aromatic rings. The van der Waals surface area contributed by atoms with E-state index in [0.29, 0.717) is 24.2 Å². The molecule has 1 heterocycles. The van der Waals surface area contributed by atoms with Crippen LogP contribution < -0.4 is 26.2 Å². The van der Waals surface area contributed by atoms with Gasteiger partial charge < -0.3 is 26.4 Å². The number of benzene rings is 2. The lowest BCUT2D eigenvalue weighted by Crippen LogP contribution is -2.54. The molecule has 1 aliphatic heterocycles. The van der Waals surface area contributed by atoms with Gasteiger partial charge in [0, 0.05) is 18.7 Å². The molecule has 3 amide bonds. The van der Waals surface area contributed by atoms with Crippen molar-refractivity contribution in [2.24, 2.45) is 11.5 Å². The molecular formula is C24H30N6O6S. The van der Waals surface area contributed by atoms with Crippen LogP contribution in [0.15, 0.2) is 53.4 Å². The van der Waals surface area contributed by atoms with E-state index in [1.807, 2.05) is 0 Å². The second kappa shape index (κ2) is 11.8. The van der Waals surface area contributed by atoms with Crippen LogP contribution in [0.2, 0.25) is 0 Å². The van der Waals surface area contributed by atoms with Crippen LogP contribution in [-0.4, -0.2) is 62.6 Å². The van der Waals surface area contributed by atoms with Crippen molar-refractivity contribution in [2.45, 2.75) is 42.8 Å². The van der Waals surface area contributed by atoms with Gasteiger partial charge in [-0.3, -0.25) is 19.8 Å². The SMILES string of the molecule is COc1ccc(S(=O)(=O)N[C@@H](CC(N)=O)C(=O)N2CCC[C@H]2C(=O)NCc2ccc(C(=N)N)cc2)cc1. The summed E-state index contributed by atoms with van der Waals surface area (Å²) in [5.74, 6) is -1.60. The number of carbonyl (C=O) groups is 3. The zero-order valence-electron chi connectivity index (χ0n) is 20.3. The van der Waals surface area contributed by atoms with Crippen LogP contribution in [0.25, 0.3) is 0 Å². The number of amides is 3. The fourth-order valence-corrected chi connectivity index (χ4v) is 5.19. The summed E-state index contributed by atoms with van der Waals surface area (Å²) in [6.07, 6.45) is 0.350. The first-order chi connectivity index (χ1) is 17.5. The maximum Gasteiger partial charge on any atom is 0.243 e. The number of nitrogens with one attached hydrogen (secondary N) is 3. The molecule has 0 radical (unpaired) electrons. The number of carbonyl (C=O) groups excluding carboxylic acids is 3. The third-order valence-electron chi connectivity index (χ3n) is 5.94. The Bertz CT molecular complexity index is 1260. The topological polar surface area (TPSA) is 198 Å². The van der Waals surface area contributed by atoms with E-state index in [0.717, 1.165) is 5.56 Å². The molecule has 2 aromatic carbocycles. The van der Waals surface area contributed by atoms with E-state index in [1.165, 1.54) is 36.3 Å². The molecule has 13 heteroatoms. The maximum atomic E-state index is 13.3. The van der Waals surface area contributed by atoms with Crippen LogP contribution in [0.4, 0.5) is 0 Å². The fraction of sp³-hybridized carbons (Fsp3) is 0.333. The number of ether oxygens (including phenoxy) is 1. The number of nitrogens with two attached hydrogens (primary N) is 2. The average Bonchev–Trinajstić information content (AvgIpc) is 3.36. The third-order valence-corrected chi connectivity index (χ3v) is 7.43. The highest BCUT2D eigenvalue weighted by Crippen LogP contribution is 2.21. The molecule has 1 saturated heterocycles. The summed E-state index contributed by atoms with van der Waals surface area (Å²) in [5, 5.41) is 10.2. The highest BCUT2D eigenvalue weighted by Gasteiger charge is 2.39. The highest BCUT2D eigenvalue weighted by molar-refractivity contribution is 7.89. The molecule has 0 saturated carbocycles. The monoisotopic (exact) mass is 530 g/mol. The van der Waals surface area contributed by atoms with E-state index in [4.69, 9.17) is 21.6 Å². The van der Waals surface area contributed by atoms with E-state index in [-0.39, 0.29) is 23.8 Å². The summed E-state index contributed by atoms with van der Waals surface area (Å²) in [5.41, 5.74) is 12.1. The minimum absolute atomic E-state index is 0.0659. The first-order valence-corrected chi connectivity index (χ1v) is 13.0. The third kappa shape index (κ3) is 7.05. The summed E-state index contributed by atoms with van der Waals surface area (Å²) < 4.78 is 33.1. The summed E-state index contributed by atoms with van der Waals surface area (Å²) in [6, 6.07) is 10.0. The molecule has 1 aliphatic rings. The number of nitrogens with zero attached hydrogens (tertiary/aromatic N) is 1. The van der Waals surface area contributed by atoms with Gasteiger partial charge in [0.2, 0.25) is 27.7 Å². The largest absolute Gasteiger partial charge is 0.497 e. The van der Waals surface area contributed by atoms with Gasteiger partial charge in [-0.1, -0.05) is 24.3 Å². The Labute approximate surface area is 214 Å². The van der Waals surface area contributed by atoms with Gasteiger partial charge in [0.25, 0.3) is 0 Å². The normalized spacial score (nSPS) is 16.1. The van der Waals surface area contributed by atoms with Gasteiger partial charge in [0.1, 0.15) is 23.7 Å². The lowest BCUT2D eigenvalue weighted by molar-refractivity contribution is -0.140. The van der Waals surface area contributed by atoms with Crippen molar-refractivity contribution < 1.29 is 27.5 Å². The van der Waals surface area contributed by atoms with Gasteiger partial charge in [-0.05, 0) is 42.7 Å². The predicted molar refractivity (Wildman–Crippen MR) is 135 cm³/mol. The van der Waals surface area contributed by atoms with Gasteiger partial charge >= 0.3 is 0 Å². The second-order valence-corrected chi connectivity index (χ2v) is 10.3. The van der Waals surface area contributed by atoms with Crippen LogP contribution >= 0.6 is 0 Å². The summed E-state index contributed by atoms with van der Waals surface area (Å²) in [4.78, 5) is 39.1. The van der Waals surface area contributed by atoms with Crippen molar-refractivity contribution in [1.29, 1.82) is 5.41 Å². The zero-order chi connectivity index (χ0) is 27.2. The van der Waals surface area contributed by atoms with Gasteiger partial charge in [-0.15, -0.1) is 0 Å². The summed E-state index contributed by atoms with van der Waals surface area (Å²) >= 11 is 0. The molecule has 3 rings (SSSR count). The van der Waals surface area contributed by atoms with Crippen LogP contribution in [0.5, 0.6) is 5.75 Å². The number of amidine groups is 1. The predicted octanol–water partition coefficient (Wildman–Crippen LogP) is -0.191. The Balaban J connectivity index is 1.71. The first kappa shape index (κ1) is 27.6. The Morgan fingerprint density at radius 1 is 1.11 bits per heavy atom. The molecule has 2 atom stereocenters. The summed E-state index contributed by atoms with van der Waals surface area (Å²) in [6.45, 7) is 0.411. The van der Waals surface area contributed by atoms with E-state index < -0.39 is 46.2 Å². The number of hydrogen-bond acceptors (Lipinski definition) is 7. The van der Waals surface area contributed by atoms with E-state index in [9.17, 15) is 22.8 Å². The molecule has 0 aliphatic carbocycles. The number of sulfonamides is 1. The van der Waals surface area contributed by atoms with Gasteiger partial charge in [0.05, 0.1) is 18.4 Å². The minimum atomic E-state index is -4.18. The van der Waals surface area contributed by atoms with Crippen molar-refractivity contribution in [3.63, 3.8) is 0 Å². The Morgan fingerprint density at radius 2 is 1.76 bits per heavy atom.